The number of nitrogens with one attached hydrogen (secondary N) is 1. The number of benzene rings is 2. The quantitative estimate of drug-likeness (QED) is 0.666. The summed E-state index contributed by atoms with van der Waals surface area (Å²) in [4.78, 5) is 29.8. The molecule has 0 spiro atoms. The van der Waals surface area contributed by atoms with Crippen molar-refractivity contribution in [3.8, 4) is 0 Å². The van der Waals surface area contributed by atoms with Crippen molar-refractivity contribution < 1.29 is 14.9 Å². The van der Waals surface area contributed by atoms with E-state index in [9.17, 15) is 9.59 Å². The van der Waals surface area contributed by atoms with Crippen LogP contribution in [0.5, 0.6) is 0 Å². The molecular weight excluding hydrogens is 362 g/mol. The number of aromatic nitrogens is 1. The first-order valence-corrected chi connectivity index (χ1v) is 9.44. The summed E-state index contributed by atoms with van der Waals surface area (Å²) in [5.41, 5.74) is 3.67. The summed E-state index contributed by atoms with van der Waals surface area (Å²) < 4.78 is 0. The molecule has 0 bridgehead atoms. The maximum Gasteiger partial charge on any atom is 0.292 e. The third-order valence-corrected chi connectivity index (χ3v) is 5.61. The Balaban J connectivity index is 1.44. The van der Waals surface area contributed by atoms with Gasteiger partial charge in [0, 0.05) is 28.5 Å². The molecule has 3 aromatic rings. The predicted molar refractivity (Wildman–Crippen MR) is 106 cm³/mol. The van der Waals surface area contributed by atoms with Gasteiger partial charge in [-0.3, -0.25) is 9.59 Å². The Kier molecular flexibility index (Phi) is 4.72. The second-order valence-corrected chi connectivity index (χ2v) is 7.30. The van der Waals surface area contributed by atoms with Crippen molar-refractivity contribution in [2.45, 2.75) is 25.8 Å². The van der Waals surface area contributed by atoms with Gasteiger partial charge in [-0.1, -0.05) is 35.9 Å². The van der Waals surface area contributed by atoms with Crippen LogP contribution in [-0.4, -0.2) is 29.4 Å². The van der Waals surface area contributed by atoms with Crippen molar-refractivity contribution in [2.24, 2.45) is 0 Å². The van der Waals surface area contributed by atoms with Gasteiger partial charge < -0.3 is 10.3 Å². The molecule has 1 saturated heterocycles. The molecule has 1 aromatic heterocycles. The van der Waals surface area contributed by atoms with Crippen LogP contribution in [0.1, 0.15) is 17.5 Å². The molecule has 0 aliphatic carbocycles. The summed E-state index contributed by atoms with van der Waals surface area (Å²) in [5.74, 6) is -0.331. The minimum Gasteiger partial charge on any atom is -0.361 e. The summed E-state index contributed by atoms with van der Waals surface area (Å²) >= 11 is 6.15. The Bertz CT molecular complexity index is 1030. The molecule has 6 heteroatoms. The molecule has 138 valence electrons. The molecule has 2 amide bonds. The number of rotatable bonds is 5. The van der Waals surface area contributed by atoms with Crippen LogP contribution >= 0.6 is 11.6 Å². The number of para-hydroxylation sites is 1. The average molecular weight is 383 g/mol. The number of aromatic amines is 1. The van der Waals surface area contributed by atoms with Gasteiger partial charge in [-0.25, -0.2) is 4.90 Å². The number of fused-ring (bicyclic) bond motifs is 1. The maximum atomic E-state index is 12.8. The molecule has 0 radical (unpaired) electrons. The van der Waals surface area contributed by atoms with Crippen LogP contribution in [0.15, 0.2) is 48.7 Å². The number of carbonyl (C=O) groups excluding carboxylic acids is 2. The van der Waals surface area contributed by atoms with Gasteiger partial charge in [-0.15, -0.1) is 0 Å². The van der Waals surface area contributed by atoms with Gasteiger partial charge in [0.2, 0.25) is 5.91 Å². The van der Waals surface area contributed by atoms with Crippen LogP contribution < -0.4 is 10.2 Å². The van der Waals surface area contributed by atoms with E-state index in [4.69, 9.17) is 11.6 Å². The van der Waals surface area contributed by atoms with E-state index in [0.29, 0.717) is 10.7 Å². The number of anilines is 1. The number of nitrogens with zero attached hydrogens (tertiary/aromatic N) is 1. The van der Waals surface area contributed by atoms with Crippen molar-refractivity contribution in [1.82, 2.24) is 4.98 Å². The Labute approximate surface area is 162 Å². The SMILES string of the molecule is Cc1c(Cl)cccc1N1C(=O)C[C@H]([NH2+]CCc2c[nH]c3ccccc23)C1=O. The Hall–Kier alpha value is -2.63. The summed E-state index contributed by atoms with van der Waals surface area (Å²) in [6, 6.07) is 13.1. The van der Waals surface area contributed by atoms with Crippen molar-refractivity contribution in [3.63, 3.8) is 0 Å². The number of H-pyrrole nitrogens is 1. The molecule has 1 aliphatic heterocycles. The standard InChI is InChI=1S/C21H20ClN3O2/c1-13-16(22)6-4-8-19(13)25-20(26)11-18(21(25)27)23-10-9-14-12-24-17-7-3-2-5-15(14)17/h2-8,12,18,23-24H,9-11H2,1H3/p+1/t18-/m0/s1. The number of carbonyl (C=O) groups is 2. The highest BCUT2D eigenvalue weighted by molar-refractivity contribution is 6.32. The third kappa shape index (κ3) is 3.24. The summed E-state index contributed by atoms with van der Waals surface area (Å²) in [6.45, 7) is 2.57. The average Bonchev–Trinajstić information content (AvgIpc) is 3.19. The highest BCUT2D eigenvalue weighted by Crippen LogP contribution is 2.29. The monoisotopic (exact) mass is 382 g/mol. The van der Waals surface area contributed by atoms with Gasteiger partial charge in [0.15, 0.2) is 6.04 Å². The molecule has 1 atom stereocenters. The first-order valence-electron chi connectivity index (χ1n) is 9.06. The number of amides is 2. The van der Waals surface area contributed by atoms with Crippen LogP contribution in [0.3, 0.4) is 0 Å². The van der Waals surface area contributed by atoms with E-state index in [1.807, 2.05) is 36.6 Å². The molecule has 4 rings (SSSR count). The number of nitrogens with two attached hydrogens (primary N) is 1. The van der Waals surface area contributed by atoms with Crippen LogP contribution in [0.25, 0.3) is 10.9 Å². The summed E-state index contributed by atoms with van der Waals surface area (Å²) in [5, 5.41) is 3.73. The van der Waals surface area contributed by atoms with Gasteiger partial charge in [0.1, 0.15) is 0 Å². The third-order valence-electron chi connectivity index (χ3n) is 5.20. The molecule has 3 N–H and O–H groups in total. The second kappa shape index (κ2) is 7.18. The lowest BCUT2D eigenvalue weighted by Gasteiger charge is -2.17. The normalized spacial score (nSPS) is 17.3. The molecule has 0 saturated carbocycles. The molecule has 0 unspecified atom stereocenters. The smallest absolute Gasteiger partial charge is 0.292 e. The van der Waals surface area contributed by atoms with E-state index in [0.717, 1.165) is 24.0 Å². The highest BCUT2D eigenvalue weighted by Gasteiger charge is 2.42. The lowest BCUT2D eigenvalue weighted by molar-refractivity contribution is -0.674. The van der Waals surface area contributed by atoms with Crippen LogP contribution in [0.2, 0.25) is 5.02 Å². The van der Waals surface area contributed by atoms with E-state index in [-0.39, 0.29) is 24.3 Å². The van der Waals surface area contributed by atoms with Crippen molar-refractivity contribution >= 4 is 40.0 Å². The number of hydrogen-bond donors (Lipinski definition) is 2. The number of quaternary nitrogens is 1. The zero-order valence-electron chi connectivity index (χ0n) is 15.0. The lowest BCUT2D eigenvalue weighted by atomic mass is 10.1. The van der Waals surface area contributed by atoms with E-state index in [2.05, 4.69) is 11.1 Å². The molecule has 1 fully saturated rings. The Morgan fingerprint density at radius 1 is 1.19 bits per heavy atom. The van der Waals surface area contributed by atoms with Gasteiger partial charge >= 0.3 is 0 Å². The minimum atomic E-state index is -0.374. The van der Waals surface area contributed by atoms with Gasteiger partial charge in [-0.05, 0) is 36.2 Å². The fourth-order valence-electron chi connectivity index (χ4n) is 3.71. The van der Waals surface area contributed by atoms with Gasteiger partial charge in [0.25, 0.3) is 5.91 Å². The first kappa shape index (κ1) is 17.8. The summed E-state index contributed by atoms with van der Waals surface area (Å²) in [6.07, 6.45) is 3.07. The zero-order chi connectivity index (χ0) is 19.0. The van der Waals surface area contributed by atoms with E-state index >= 15 is 0 Å². The minimum absolute atomic E-state index is 0.163. The molecule has 1 aliphatic rings. The topological polar surface area (TPSA) is 69.8 Å². The number of halogens is 1. The van der Waals surface area contributed by atoms with E-state index in [1.54, 1.807) is 18.2 Å². The van der Waals surface area contributed by atoms with Gasteiger partial charge in [-0.2, -0.15) is 0 Å². The Morgan fingerprint density at radius 2 is 2.00 bits per heavy atom. The maximum absolute atomic E-state index is 12.8. The van der Waals surface area contributed by atoms with Crippen LogP contribution in [0.4, 0.5) is 5.69 Å². The molecule has 2 heterocycles. The second-order valence-electron chi connectivity index (χ2n) is 6.90. The van der Waals surface area contributed by atoms with Crippen LogP contribution in [-0.2, 0) is 16.0 Å². The largest absolute Gasteiger partial charge is 0.361 e. The molecule has 2 aromatic carbocycles. The van der Waals surface area contributed by atoms with Crippen molar-refractivity contribution in [1.29, 1.82) is 0 Å². The first-order chi connectivity index (χ1) is 13.1. The molecule has 27 heavy (non-hydrogen) atoms. The fraction of sp³-hybridized carbons (Fsp3) is 0.238. The molecule has 5 nitrogen and oxygen atoms in total. The van der Waals surface area contributed by atoms with Crippen molar-refractivity contribution in [2.75, 3.05) is 11.4 Å². The summed E-state index contributed by atoms with van der Waals surface area (Å²) in [7, 11) is 0. The van der Waals surface area contributed by atoms with E-state index < -0.39 is 0 Å². The van der Waals surface area contributed by atoms with Crippen LogP contribution in [0, 0.1) is 6.92 Å². The van der Waals surface area contributed by atoms with Gasteiger partial charge in [0.05, 0.1) is 18.7 Å². The zero-order valence-corrected chi connectivity index (χ0v) is 15.8. The number of hydrogen-bond acceptors (Lipinski definition) is 2. The highest BCUT2D eigenvalue weighted by atomic mass is 35.5. The van der Waals surface area contributed by atoms with Crippen molar-refractivity contribution in [3.05, 3.63) is 64.8 Å². The molecular formula is C21H21ClN3O2+. The fourth-order valence-corrected chi connectivity index (χ4v) is 3.88. The lowest BCUT2D eigenvalue weighted by Crippen LogP contribution is -2.92. The van der Waals surface area contributed by atoms with E-state index in [1.165, 1.54) is 15.8 Å². The predicted octanol–water partition coefficient (Wildman–Crippen LogP) is 2.57. The number of imide groups is 1. The Morgan fingerprint density at radius 3 is 2.85 bits per heavy atom.